The number of methoxy groups -OCH3 is 2. The number of rotatable bonds is 9. The van der Waals surface area contributed by atoms with Gasteiger partial charge in [-0.3, -0.25) is 4.18 Å². The number of nitrogens with two attached hydrogens (primary N) is 1. The van der Waals surface area contributed by atoms with Gasteiger partial charge in [0.25, 0.3) is 0 Å². The van der Waals surface area contributed by atoms with Crippen LogP contribution in [0.2, 0.25) is 0 Å². The van der Waals surface area contributed by atoms with Gasteiger partial charge in [0.2, 0.25) is 0 Å². The molecule has 2 fully saturated rings. The number of aromatic nitrogens is 2. The maximum atomic E-state index is 10.9. The minimum absolute atomic E-state index is 0.107. The van der Waals surface area contributed by atoms with Crippen LogP contribution in [0.3, 0.4) is 0 Å². The monoisotopic (exact) mass is 452 g/mol. The molecule has 0 spiro atoms. The molecule has 11 heteroatoms. The van der Waals surface area contributed by atoms with E-state index in [1.807, 2.05) is 12.1 Å². The van der Waals surface area contributed by atoms with Gasteiger partial charge in [0.05, 0.1) is 26.3 Å². The third-order valence-electron chi connectivity index (χ3n) is 5.64. The van der Waals surface area contributed by atoms with E-state index in [0.717, 1.165) is 55.5 Å². The second kappa shape index (κ2) is 9.01. The smallest absolute Gasteiger partial charge is 0.333 e. The number of nitrogens with zero attached hydrogens (tertiary/aromatic N) is 3. The van der Waals surface area contributed by atoms with Crippen LogP contribution in [0.25, 0.3) is 10.9 Å². The molecule has 2 heterocycles. The van der Waals surface area contributed by atoms with Crippen LogP contribution in [0.4, 0.5) is 5.82 Å². The highest BCUT2D eigenvalue weighted by Gasteiger charge is 2.27. The minimum atomic E-state index is -3.89. The van der Waals surface area contributed by atoms with Crippen LogP contribution >= 0.6 is 0 Å². The molecule has 31 heavy (non-hydrogen) atoms. The molecule has 0 amide bonds. The fourth-order valence-corrected chi connectivity index (χ4v) is 4.14. The standard InChI is InChI=1S/C20H28N4O6S/c1-27-17-11-15-16(12-18(17)28-2)22-20(30-14-3-4-14)23-19(15)24-8-5-13(6-9-24)7-10-29-31(21,25)26/h11-14H,3-10H2,1-2H3,(H2,21,25,26). The molecular weight excluding hydrogens is 424 g/mol. The van der Waals surface area contributed by atoms with E-state index in [1.54, 1.807) is 14.2 Å². The summed E-state index contributed by atoms with van der Waals surface area (Å²) in [7, 11) is -0.692. The normalized spacial score (nSPS) is 17.7. The third kappa shape index (κ3) is 5.46. The van der Waals surface area contributed by atoms with Gasteiger partial charge >= 0.3 is 16.3 Å². The number of ether oxygens (including phenoxy) is 3. The summed E-state index contributed by atoms with van der Waals surface area (Å²) >= 11 is 0. The summed E-state index contributed by atoms with van der Waals surface area (Å²) in [5, 5.41) is 5.77. The Morgan fingerprint density at radius 2 is 1.74 bits per heavy atom. The van der Waals surface area contributed by atoms with Gasteiger partial charge in [0.1, 0.15) is 11.9 Å². The van der Waals surface area contributed by atoms with Gasteiger partial charge in [-0.25, -0.2) is 5.14 Å². The van der Waals surface area contributed by atoms with E-state index >= 15 is 0 Å². The molecule has 0 atom stereocenters. The summed E-state index contributed by atoms with van der Waals surface area (Å²) in [5.41, 5.74) is 0.738. The fourth-order valence-electron chi connectivity index (χ4n) is 3.81. The number of hydrogen-bond donors (Lipinski definition) is 1. The number of hydrogen-bond acceptors (Lipinski definition) is 9. The van der Waals surface area contributed by atoms with Gasteiger partial charge in [-0.2, -0.15) is 18.4 Å². The Morgan fingerprint density at radius 3 is 2.35 bits per heavy atom. The van der Waals surface area contributed by atoms with Crippen molar-refractivity contribution in [1.82, 2.24) is 9.97 Å². The second-order valence-electron chi connectivity index (χ2n) is 7.91. The fraction of sp³-hybridized carbons (Fsp3) is 0.600. The maximum absolute atomic E-state index is 10.9. The number of benzene rings is 1. The first-order valence-corrected chi connectivity index (χ1v) is 11.9. The summed E-state index contributed by atoms with van der Waals surface area (Å²) < 4.78 is 43.4. The van der Waals surface area contributed by atoms with Crippen molar-refractivity contribution < 1.29 is 26.8 Å². The first kappa shape index (κ1) is 21.8. The van der Waals surface area contributed by atoms with E-state index < -0.39 is 10.3 Å². The molecule has 170 valence electrons. The van der Waals surface area contributed by atoms with Gasteiger partial charge in [-0.15, -0.1) is 0 Å². The number of fused-ring (bicyclic) bond motifs is 1. The molecule has 10 nitrogen and oxygen atoms in total. The van der Waals surface area contributed by atoms with Crippen molar-refractivity contribution in [3.63, 3.8) is 0 Å². The molecule has 1 saturated carbocycles. The molecule has 1 aliphatic heterocycles. The summed E-state index contributed by atoms with van der Waals surface area (Å²) in [6.45, 7) is 1.67. The molecule has 4 rings (SSSR count). The van der Waals surface area contributed by atoms with Crippen LogP contribution in [0.5, 0.6) is 17.5 Å². The highest BCUT2D eigenvalue weighted by atomic mass is 32.2. The Kier molecular flexibility index (Phi) is 6.35. The van der Waals surface area contributed by atoms with Gasteiger partial charge in [-0.1, -0.05) is 0 Å². The lowest BCUT2D eigenvalue weighted by molar-refractivity contribution is 0.262. The van der Waals surface area contributed by atoms with E-state index in [9.17, 15) is 8.42 Å². The Labute approximate surface area is 181 Å². The van der Waals surface area contributed by atoms with Crippen LogP contribution < -0.4 is 24.2 Å². The molecule has 1 saturated heterocycles. The van der Waals surface area contributed by atoms with Crippen molar-refractivity contribution in [3.05, 3.63) is 12.1 Å². The van der Waals surface area contributed by atoms with E-state index in [2.05, 4.69) is 14.1 Å². The van der Waals surface area contributed by atoms with Crippen molar-refractivity contribution in [2.24, 2.45) is 11.1 Å². The Morgan fingerprint density at radius 1 is 1.06 bits per heavy atom. The van der Waals surface area contributed by atoms with Crippen LogP contribution in [-0.2, 0) is 14.5 Å². The van der Waals surface area contributed by atoms with E-state index in [1.165, 1.54) is 0 Å². The van der Waals surface area contributed by atoms with Gasteiger partial charge < -0.3 is 19.1 Å². The highest BCUT2D eigenvalue weighted by Crippen LogP contribution is 2.38. The predicted octanol–water partition coefficient (Wildman–Crippen LogP) is 2.01. The summed E-state index contributed by atoms with van der Waals surface area (Å²) in [4.78, 5) is 11.5. The average molecular weight is 453 g/mol. The molecule has 1 aromatic carbocycles. The third-order valence-corrected chi connectivity index (χ3v) is 6.14. The maximum Gasteiger partial charge on any atom is 0.333 e. The first-order valence-electron chi connectivity index (χ1n) is 10.4. The van der Waals surface area contributed by atoms with Crippen LogP contribution in [0.15, 0.2) is 12.1 Å². The highest BCUT2D eigenvalue weighted by molar-refractivity contribution is 7.84. The van der Waals surface area contributed by atoms with Crippen molar-refractivity contribution in [1.29, 1.82) is 0 Å². The summed E-state index contributed by atoms with van der Waals surface area (Å²) in [6, 6.07) is 4.12. The number of anilines is 1. The van der Waals surface area contributed by atoms with Crippen molar-refractivity contribution in [2.75, 3.05) is 38.8 Å². The van der Waals surface area contributed by atoms with E-state index in [0.29, 0.717) is 29.8 Å². The Hall–Kier alpha value is -2.37. The SMILES string of the molecule is COc1cc2nc(OC3CC3)nc(N3CCC(CCOS(N)(=O)=O)CC3)c2cc1OC. The van der Waals surface area contributed by atoms with Gasteiger partial charge in [-0.05, 0) is 44.1 Å². The molecule has 2 aliphatic rings. The van der Waals surface area contributed by atoms with Crippen molar-refractivity contribution >= 4 is 27.0 Å². The summed E-state index contributed by atoms with van der Waals surface area (Å²) in [5.74, 6) is 2.39. The van der Waals surface area contributed by atoms with Crippen LogP contribution in [0.1, 0.15) is 32.1 Å². The molecule has 2 N–H and O–H groups in total. The first-order chi connectivity index (χ1) is 14.9. The zero-order valence-electron chi connectivity index (χ0n) is 17.7. The van der Waals surface area contributed by atoms with Gasteiger partial charge in [0.15, 0.2) is 11.5 Å². The van der Waals surface area contributed by atoms with Crippen molar-refractivity contribution in [3.8, 4) is 17.5 Å². The summed E-state index contributed by atoms with van der Waals surface area (Å²) in [6.07, 6.45) is 4.67. The zero-order valence-corrected chi connectivity index (χ0v) is 18.6. The van der Waals surface area contributed by atoms with Gasteiger partial charge in [0, 0.05) is 24.5 Å². The quantitative estimate of drug-likeness (QED) is 0.608. The molecule has 2 aromatic rings. The Balaban J connectivity index is 1.55. The second-order valence-corrected chi connectivity index (χ2v) is 9.13. The van der Waals surface area contributed by atoms with Crippen LogP contribution in [-0.4, -0.2) is 58.4 Å². The lowest BCUT2D eigenvalue weighted by atomic mass is 9.94. The largest absolute Gasteiger partial charge is 0.493 e. The Bertz CT molecular complexity index is 1040. The van der Waals surface area contributed by atoms with Crippen LogP contribution in [0, 0.1) is 5.92 Å². The lowest BCUT2D eigenvalue weighted by Crippen LogP contribution is -2.35. The lowest BCUT2D eigenvalue weighted by Gasteiger charge is -2.33. The average Bonchev–Trinajstić information content (AvgIpc) is 3.56. The topological polar surface area (TPSA) is 126 Å². The van der Waals surface area contributed by atoms with E-state index in [4.69, 9.17) is 24.3 Å². The molecule has 0 unspecified atom stereocenters. The van der Waals surface area contributed by atoms with Crippen molar-refractivity contribution in [2.45, 2.75) is 38.2 Å². The molecular formula is C20H28N4O6S. The molecule has 1 aliphatic carbocycles. The van der Waals surface area contributed by atoms with E-state index in [-0.39, 0.29) is 12.7 Å². The predicted molar refractivity (Wildman–Crippen MR) is 115 cm³/mol. The minimum Gasteiger partial charge on any atom is -0.493 e. The number of piperidine rings is 1. The zero-order chi connectivity index (χ0) is 22.0. The molecule has 1 aromatic heterocycles. The molecule has 0 bridgehead atoms. The molecule has 0 radical (unpaired) electrons.